The Hall–Kier alpha value is -2.04. The van der Waals surface area contributed by atoms with Crippen molar-refractivity contribution >= 4 is 11.8 Å². The van der Waals surface area contributed by atoms with Crippen LogP contribution in [0.5, 0.6) is 5.75 Å². The molecule has 1 aliphatic rings. The zero-order valence-corrected chi connectivity index (χ0v) is 15.0. The summed E-state index contributed by atoms with van der Waals surface area (Å²) in [6.45, 7) is 3.92. The summed E-state index contributed by atoms with van der Waals surface area (Å²) in [6, 6.07) is 6.69. The number of methoxy groups -OCH3 is 1. The molecule has 0 radical (unpaired) electrons. The predicted octanol–water partition coefficient (Wildman–Crippen LogP) is 2.85. The molecule has 1 N–H and O–H groups in total. The summed E-state index contributed by atoms with van der Waals surface area (Å²) >= 11 is 0. The highest BCUT2D eigenvalue weighted by Crippen LogP contribution is 2.23. The Kier molecular flexibility index (Phi) is 6.23. The van der Waals surface area contributed by atoms with Gasteiger partial charge in [0.25, 0.3) is 5.91 Å². The molecule has 132 valence electrons. The molecule has 1 fully saturated rings. The Bertz CT molecular complexity index is 562. The van der Waals surface area contributed by atoms with Crippen LogP contribution in [0.15, 0.2) is 24.3 Å². The van der Waals surface area contributed by atoms with E-state index < -0.39 is 6.04 Å². The van der Waals surface area contributed by atoms with Crippen molar-refractivity contribution in [3.63, 3.8) is 0 Å². The highest BCUT2D eigenvalue weighted by Gasteiger charge is 2.31. The van der Waals surface area contributed by atoms with E-state index in [0.29, 0.717) is 17.4 Å². The molecule has 2 rings (SSSR count). The second kappa shape index (κ2) is 8.18. The van der Waals surface area contributed by atoms with Gasteiger partial charge in [0.1, 0.15) is 11.8 Å². The Balaban J connectivity index is 2.06. The van der Waals surface area contributed by atoms with Crippen molar-refractivity contribution in [3.8, 4) is 5.75 Å². The molecule has 5 heteroatoms. The number of nitrogens with zero attached hydrogens (tertiary/aromatic N) is 1. The Morgan fingerprint density at radius 3 is 2.25 bits per heavy atom. The minimum atomic E-state index is -0.509. The maximum Gasteiger partial charge on any atom is 0.251 e. The number of hydrogen-bond donors (Lipinski definition) is 1. The van der Waals surface area contributed by atoms with Crippen LogP contribution in [0.1, 0.15) is 49.9 Å². The van der Waals surface area contributed by atoms with Gasteiger partial charge in [0, 0.05) is 18.7 Å². The molecule has 2 amide bonds. The third-order valence-corrected chi connectivity index (χ3v) is 4.79. The number of ether oxygens (including phenoxy) is 1. The molecule has 1 unspecified atom stereocenters. The zero-order valence-electron chi connectivity index (χ0n) is 15.0. The van der Waals surface area contributed by atoms with Crippen molar-refractivity contribution in [2.24, 2.45) is 5.92 Å². The lowest BCUT2D eigenvalue weighted by Crippen LogP contribution is -2.52. The highest BCUT2D eigenvalue weighted by atomic mass is 16.5. The maximum atomic E-state index is 12.8. The summed E-state index contributed by atoms with van der Waals surface area (Å²) in [5.74, 6) is 0.496. The van der Waals surface area contributed by atoms with Gasteiger partial charge in [0.2, 0.25) is 5.91 Å². The van der Waals surface area contributed by atoms with Gasteiger partial charge in [0.15, 0.2) is 0 Å². The van der Waals surface area contributed by atoms with Gasteiger partial charge in [-0.25, -0.2) is 0 Å². The molecule has 24 heavy (non-hydrogen) atoms. The first-order valence-corrected chi connectivity index (χ1v) is 8.65. The zero-order chi connectivity index (χ0) is 17.7. The first-order chi connectivity index (χ1) is 11.4. The van der Waals surface area contributed by atoms with Crippen molar-refractivity contribution in [1.29, 1.82) is 0 Å². The van der Waals surface area contributed by atoms with Gasteiger partial charge in [-0.15, -0.1) is 0 Å². The molecule has 0 aromatic heterocycles. The van der Waals surface area contributed by atoms with Gasteiger partial charge in [-0.2, -0.15) is 0 Å². The lowest BCUT2D eigenvalue weighted by Gasteiger charge is -2.31. The topological polar surface area (TPSA) is 58.6 Å². The summed E-state index contributed by atoms with van der Waals surface area (Å²) in [6.07, 6.45) is 4.46. The van der Waals surface area contributed by atoms with E-state index in [1.807, 2.05) is 25.8 Å². The molecule has 0 aliphatic heterocycles. The lowest BCUT2D eigenvalue weighted by atomic mass is 10.0. The number of nitrogens with one attached hydrogen (secondary N) is 1. The van der Waals surface area contributed by atoms with Gasteiger partial charge in [-0.05, 0) is 43.0 Å². The minimum Gasteiger partial charge on any atom is -0.497 e. The molecule has 5 nitrogen and oxygen atoms in total. The minimum absolute atomic E-state index is 0.00115. The van der Waals surface area contributed by atoms with Gasteiger partial charge < -0.3 is 15.0 Å². The van der Waals surface area contributed by atoms with E-state index in [1.54, 1.807) is 31.4 Å². The second-order valence-corrected chi connectivity index (χ2v) is 6.81. The van der Waals surface area contributed by atoms with E-state index in [9.17, 15) is 9.59 Å². The van der Waals surface area contributed by atoms with E-state index in [1.165, 1.54) is 12.8 Å². The van der Waals surface area contributed by atoms with Crippen LogP contribution in [0.3, 0.4) is 0 Å². The van der Waals surface area contributed by atoms with Gasteiger partial charge in [-0.3, -0.25) is 9.59 Å². The third kappa shape index (κ3) is 4.28. The molecular formula is C19H28N2O3. The predicted molar refractivity (Wildman–Crippen MR) is 94.1 cm³/mol. The van der Waals surface area contributed by atoms with Crippen LogP contribution in [0.2, 0.25) is 0 Å². The quantitative estimate of drug-likeness (QED) is 0.871. The molecule has 1 aliphatic carbocycles. The number of likely N-dealkylation sites (N-methyl/N-ethyl adjacent to an activating group) is 1. The monoisotopic (exact) mass is 332 g/mol. The van der Waals surface area contributed by atoms with Crippen molar-refractivity contribution in [2.75, 3.05) is 14.2 Å². The van der Waals surface area contributed by atoms with Gasteiger partial charge in [0.05, 0.1) is 7.11 Å². The van der Waals surface area contributed by atoms with Crippen LogP contribution in [0.4, 0.5) is 0 Å². The van der Waals surface area contributed by atoms with Crippen LogP contribution >= 0.6 is 0 Å². The number of hydrogen-bond acceptors (Lipinski definition) is 3. The molecule has 1 atom stereocenters. The van der Waals surface area contributed by atoms with E-state index in [4.69, 9.17) is 4.74 Å². The fourth-order valence-electron chi connectivity index (χ4n) is 3.17. The molecular weight excluding hydrogens is 304 g/mol. The van der Waals surface area contributed by atoms with E-state index in [0.717, 1.165) is 12.8 Å². The number of carbonyl (C=O) groups excluding carboxylic acids is 2. The smallest absolute Gasteiger partial charge is 0.251 e. The van der Waals surface area contributed by atoms with E-state index >= 15 is 0 Å². The van der Waals surface area contributed by atoms with Crippen molar-refractivity contribution in [2.45, 2.75) is 51.6 Å². The average Bonchev–Trinajstić information content (AvgIpc) is 3.12. The number of rotatable bonds is 6. The maximum absolute atomic E-state index is 12.8. The van der Waals surface area contributed by atoms with E-state index in [-0.39, 0.29) is 17.7 Å². The van der Waals surface area contributed by atoms with Crippen LogP contribution in [-0.2, 0) is 4.79 Å². The standard InChI is InChI=1S/C19H28N2O3/c1-13(2)17(19(23)21(3)15-7-5-6-8-15)20-18(22)14-9-11-16(24-4)12-10-14/h9-13,15,17H,5-8H2,1-4H3,(H,20,22). The van der Waals surface area contributed by atoms with Crippen LogP contribution in [-0.4, -0.2) is 43.0 Å². The summed E-state index contributed by atoms with van der Waals surface area (Å²) in [4.78, 5) is 27.1. The van der Waals surface area contributed by atoms with Gasteiger partial charge in [-0.1, -0.05) is 26.7 Å². The number of benzene rings is 1. The highest BCUT2D eigenvalue weighted by molar-refractivity contribution is 5.97. The average molecular weight is 332 g/mol. The number of amides is 2. The first-order valence-electron chi connectivity index (χ1n) is 8.65. The molecule has 1 saturated carbocycles. The second-order valence-electron chi connectivity index (χ2n) is 6.81. The summed E-state index contributed by atoms with van der Waals surface area (Å²) in [5, 5.41) is 2.90. The van der Waals surface area contributed by atoms with Crippen LogP contribution < -0.4 is 10.1 Å². The van der Waals surface area contributed by atoms with Crippen molar-refractivity contribution in [3.05, 3.63) is 29.8 Å². The Morgan fingerprint density at radius 1 is 1.17 bits per heavy atom. The van der Waals surface area contributed by atoms with Crippen molar-refractivity contribution < 1.29 is 14.3 Å². The van der Waals surface area contributed by atoms with Crippen molar-refractivity contribution in [1.82, 2.24) is 10.2 Å². The SMILES string of the molecule is COc1ccc(C(=O)NC(C(=O)N(C)C2CCCC2)C(C)C)cc1. The summed E-state index contributed by atoms with van der Waals surface area (Å²) in [5.41, 5.74) is 0.526. The molecule has 0 saturated heterocycles. The third-order valence-electron chi connectivity index (χ3n) is 4.79. The largest absolute Gasteiger partial charge is 0.497 e. The lowest BCUT2D eigenvalue weighted by molar-refractivity contribution is -0.135. The summed E-state index contributed by atoms with van der Waals surface area (Å²) < 4.78 is 5.10. The van der Waals surface area contributed by atoms with E-state index in [2.05, 4.69) is 5.32 Å². The molecule has 1 aromatic carbocycles. The van der Waals surface area contributed by atoms with Gasteiger partial charge >= 0.3 is 0 Å². The Labute approximate surface area is 144 Å². The number of carbonyl (C=O) groups is 2. The van der Waals surface area contributed by atoms with Crippen LogP contribution in [0, 0.1) is 5.92 Å². The molecule has 0 spiro atoms. The fraction of sp³-hybridized carbons (Fsp3) is 0.579. The Morgan fingerprint density at radius 2 is 1.75 bits per heavy atom. The molecule has 0 heterocycles. The normalized spacial score (nSPS) is 16.0. The molecule has 0 bridgehead atoms. The fourth-order valence-corrected chi connectivity index (χ4v) is 3.17. The van der Waals surface area contributed by atoms with Crippen LogP contribution in [0.25, 0.3) is 0 Å². The summed E-state index contributed by atoms with van der Waals surface area (Å²) in [7, 11) is 3.44. The molecule has 1 aromatic rings. The first kappa shape index (κ1) is 18.3.